The lowest BCUT2D eigenvalue weighted by molar-refractivity contribution is 0.0689. The van der Waals surface area contributed by atoms with Gasteiger partial charge in [-0.2, -0.15) is 5.10 Å². The maximum atomic E-state index is 10.8. The predicted octanol–water partition coefficient (Wildman–Crippen LogP) is 1.88. The fourth-order valence-electron chi connectivity index (χ4n) is 1.31. The van der Waals surface area contributed by atoms with E-state index in [2.05, 4.69) is 36.4 Å². The first-order valence-corrected chi connectivity index (χ1v) is 5.57. The number of carboxylic acid groups (broad SMARTS) is 1. The number of pyridine rings is 1. The van der Waals surface area contributed by atoms with Gasteiger partial charge in [-0.05, 0) is 28.1 Å². The maximum absolute atomic E-state index is 10.8. The van der Waals surface area contributed by atoms with Gasteiger partial charge < -0.3 is 10.4 Å². The molecule has 0 saturated carbocycles. The van der Waals surface area contributed by atoms with E-state index in [1.165, 1.54) is 6.20 Å². The van der Waals surface area contributed by atoms with Crippen LogP contribution in [-0.2, 0) is 6.54 Å². The maximum Gasteiger partial charge on any atom is 0.354 e. The van der Waals surface area contributed by atoms with Crippen LogP contribution in [-0.4, -0.2) is 26.3 Å². The van der Waals surface area contributed by atoms with Crippen molar-refractivity contribution in [1.82, 2.24) is 15.2 Å². The average Bonchev–Trinajstić information content (AvgIpc) is 2.76. The van der Waals surface area contributed by atoms with Crippen LogP contribution in [0.4, 0.5) is 5.69 Å². The molecule has 0 aliphatic rings. The second-order valence-corrected chi connectivity index (χ2v) is 4.11. The normalized spacial score (nSPS) is 10.2. The topological polar surface area (TPSA) is 90.9 Å². The third kappa shape index (κ3) is 2.82. The fraction of sp³-hybridized carbons (Fsp3) is 0.100. The van der Waals surface area contributed by atoms with Crippen molar-refractivity contribution in [2.75, 3.05) is 5.32 Å². The first kappa shape index (κ1) is 11.6. The smallest absolute Gasteiger partial charge is 0.354 e. The molecule has 0 radical (unpaired) electrons. The highest BCUT2D eigenvalue weighted by Gasteiger charge is 2.11. The Balaban J connectivity index is 2.05. The molecule has 0 spiro atoms. The van der Waals surface area contributed by atoms with E-state index in [-0.39, 0.29) is 5.69 Å². The molecule has 0 saturated heterocycles. The molecule has 0 aliphatic carbocycles. The minimum atomic E-state index is -1.02. The van der Waals surface area contributed by atoms with Crippen molar-refractivity contribution in [3.8, 4) is 0 Å². The summed E-state index contributed by atoms with van der Waals surface area (Å²) >= 11 is 3.23. The number of carboxylic acids is 1. The molecular formula is C10H9BrN4O2. The number of nitrogens with zero attached hydrogens (tertiary/aromatic N) is 2. The molecule has 0 aliphatic heterocycles. The van der Waals surface area contributed by atoms with Crippen molar-refractivity contribution in [1.29, 1.82) is 0 Å². The van der Waals surface area contributed by atoms with Gasteiger partial charge in [-0.15, -0.1) is 0 Å². The van der Waals surface area contributed by atoms with Gasteiger partial charge in [0.25, 0.3) is 0 Å². The molecule has 0 fully saturated rings. The van der Waals surface area contributed by atoms with Crippen molar-refractivity contribution in [3.63, 3.8) is 0 Å². The number of carbonyl (C=O) groups is 1. The first-order chi connectivity index (χ1) is 8.16. The first-order valence-electron chi connectivity index (χ1n) is 4.78. The minimum absolute atomic E-state index is 0.0996. The molecular weight excluding hydrogens is 288 g/mol. The lowest BCUT2D eigenvalue weighted by atomic mass is 10.2. The van der Waals surface area contributed by atoms with E-state index in [1.807, 2.05) is 6.07 Å². The molecule has 3 N–H and O–H groups in total. The molecule has 0 bridgehead atoms. The van der Waals surface area contributed by atoms with Crippen molar-refractivity contribution in [3.05, 3.63) is 40.4 Å². The van der Waals surface area contributed by atoms with Crippen molar-refractivity contribution in [2.24, 2.45) is 0 Å². The quantitative estimate of drug-likeness (QED) is 0.749. The van der Waals surface area contributed by atoms with Crippen LogP contribution < -0.4 is 5.32 Å². The number of H-pyrrole nitrogens is 1. The molecule has 0 aromatic carbocycles. The summed E-state index contributed by atoms with van der Waals surface area (Å²) in [6, 6.07) is 3.65. The Bertz CT molecular complexity index is 523. The number of hydrogen-bond donors (Lipinski definition) is 3. The van der Waals surface area contributed by atoms with Crippen molar-refractivity contribution < 1.29 is 9.90 Å². The van der Waals surface area contributed by atoms with Gasteiger partial charge in [0.2, 0.25) is 0 Å². The Morgan fingerprint density at radius 3 is 2.94 bits per heavy atom. The third-order valence-electron chi connectivity index (χ3n) is 2.14. The van der Waals surface area contributed by atoms with E-state index in [4.69, 9.17) is 5.11 Å². The standard InChI is InChI=1S/C10H9BrN4O2/c11-8-2-1-7(5-13-8)12-3-6-4-14-15-9(6)10(16)17/h1-2,4-5,12H,3H2,(H,14,15)(H,16,17). The molecule has 2 rings (SSSR count). The van der Waals surface area contributed by atoms with E-state index < -0.39 is 5.97 Å². The summed E-state index contributed by atoms with van der Waals surface area (Å²) in [6.07, 6.45) is 3.15. The van der Waals surface area contributed by atoms with Gasteiger partial charge in [0.05, 0.1) is 18.1 Å². The molecule has 2 aromatic heterocycles. The van der Waals surface area contributed by atoms with Gasteiger partial charge in [0.1, 0.15) is 10.3 Å². The van der Waals surface area contributed by atoms with Gasteiger partial charge in [-0.25, -0.2) is 9.78 Å². The summed E-state index contributed by atoms with van der Waals surface area (Å²) in [5.41, 5.74) is 1.51. The number of aromatic amines is 1. The molecule has 0 unspecified atom stereocenters. The Morgan fingerprint density at radius 2 is 2.29 bits per heavy atom. The van der Waals surface area contributed by atoms with E-state index >= 15 is 0 Å². The Labute approximate surface area is 105 Å². The molecule has 0 amide bonds. The molecule has 7 heteroatoms. The summed E-state index contributed by atoms with van der Waals surface area (Å²) < 4.78 is 0.748. The number of rotatable bonds is 4. The summed E-state index contributed by atoms with van der Waals surface area (Å²) in [5, 5.41) is 18.1. The summed E-state index contributed by atoms with van der Waals surface area (Å²) in [7, 11) is 0. The van der Waals surface area contributed by atoms with Crippen LogP contribution in [0, 0.1) is 0 Å². The molecule has 17 heavy (non-hydrogen) atoms. The van der Waals surface area contributed by atoms with Gasteiger partial charge in [0, 0.05) is 12.1 Å². The van der Waals surface area contributed by atoms with Crippen LogP contribution >= 0.6 is 15.9 Å². The number of halogens is 1. The molecule has 2 heterocycles. The summed E-state index contributed by atoms with van der Waals surface area (Å²) in [4.78, 5) is 14.9. The van der Waals surface area contributed by atoms with Crippen LogP contribution in [0.15, 0.2) is 29.1 Å². The zero-order chi connectivity index (χ0) is 12.3. The van der Waals surface area contributed by atoms with Crippen molar-refractivity contribution in [2.45, 2.75) is 6.54 Å². The van der Waals surface area contributed by atoms with E-state index in [0.29, 0.717) is 12.1 Å². The molecule has 6 nitrogen and oxygen atoms in total. The van der Waals surface area contributed by atoms with E-state index in [1.54, 1.807) is 12.3 Å². The van der Waals surface area contributed by atoms with Crippen LogP contribution in [0.2, 0.25) is 0 Å². The van der Waals surface area contributed by atoms with Crippen LogP contribution in [0.5, 0.6) is 0 Å². The summed E-state index contributed by atoms with van der Waals surface area (Å²) in [5.74, 6) is -1.02. The lowest BCUT2D eigenvalue weighted by Crippen LogP contribution is -2.06. The van der Waals surface area contributed by atoms with Crippen molar-refractivity contribution >= 4 is 27.6 Å². The Kier molecular flexibility index (Phi) is 3.38. The zero-order valence-corrected chi connectivity index (χ0v) is 10.2. The van der Waals surface area contributed by atoms with Crippen LogP contribution in [0.25, 0.3) is 0 Å². The lowest BCUT2D eigenvalue weighted by Gasteiger charge is -2.04. The zero-order valence-electron chi connectivity index (χ0n) is 8.64. The highest BCUT2D eigenvalue weighted by molar-refractivity contribution is 9.10. The number of anilines is 1. The predicted molar refractivity (Wildman–Crippen MR) is 64.8 cm³/mol. The monoisotopic (exact) mass is 296 g/mol. The second-order valence-electron chi connectivity index (χ2n) is 3.30. The van der Waals surface area contributed by atoms with Gasteiger partial charge in [-0.3, -0.25) is 5.10 Å². The SMILES string of the molecule is O=C(O)c1[nH]ncc1CNc1ccc(Br)nc1. The van der Waals surface area contributed by atoms with Crippen LogP contribution in [0.1, 0.15) is 16.1 Å². The second kappa shape index (κ2) is 4.96. The number of aromatic nitrogens is 3. The third-order valence-corrected chi connectivity index (χ3v) is 2.61. The summed E-state index contributed by atoms with van der Waals surface area (Å²) in [6.45, 7) is 0.376. The molecule has 88 valence electrons. The number of aromatic carboxylic acids is 1. The fourth-order valence-corrected chi connectivity index (χ4v) is 1.54. The molecule has 0 atom stereocenters. The van der Waals surface area contributed by atoms with Gasteiger partial charge >= 0.3 is 5.97 Å². The Morgan fingerprint density at radius 1 is 1.47 bits per heavy atom. The van der Waals surface area contributed by atoms with E-state index in [0.717, 1.165) is 10.3 Å². The van der Waals surface area contributed by atoms with Crippen LogP contribution in [0.3, 0.4) is 0 Å². The van der Waals surface area contributed by atoms with E-state index in [9.17, 15) is 4.79 Å². The van der Waals surface area contributed by atoms with Gasteiger partial charge in [-0.1, -0.05) is 0 Å². The Hall–Kier alpha value is -1.89. The average molecular weight is 297 g/mol. The minimum Gasteiger partial charge on any atom is -0.477 e. The van der Waals surface area contributed by atoms with Gasteiger partial charge in [0.15, 0.2) is 0 Å². The number of nitrogens with one attached hydrogen (secondary N) is 2. The highest BCUT2D eigenvalue weighted by atomic mass is 79.9. The largest absolute Gasteiger partial charge is 0.477 e. The number of hydrogen-bond acceptors (Lipinski definition) is 4. The molecule has 2 aromatic rings. The highest BCUT2D eigenvalue weighted by Crippen LogP contribution is 2.12.